The summed E-state index contributed by atoms with van der Waals surface area (Å²) in [7, 11) is 0. The fourth-order valence-corrected chi connectivity index (χ4v) is 5.60. The molecule has 0 spiro atoms. The van der Waals surface area contributed by atoms with Crippen LogP contribution in [0.2, 0.25) is 0 Å². The zero-order chi connectivity index (χ0) is 30.9. The number of hydrogen-bond acceptors (Lipinski definition) is 11. The molecule has 8 N–H and O–H groups in total. The topological polar surface area (TPSA) is 198 Å². The highest BCUT2D eigenvalue weighted by Gasteiger charge is 2.50. The highest BCUT2D eigenvalue weighted by molar-refractivity contribution is 5.76. The summed E-state index contributed by atoms with van der Waals surface area (Å²) in [4.78, 5) is 12.5. The fraction of sp³-hybridized carbons (Fsp3) is 0.967. The summed E-state index contributed by atoms with van der Waals surface area (Å²) >= 11 is 0. The van der Waals surface area contributed by atoms with Crippen molar-refractivity contribution in [2.24, 2.45) is 0 Å². The maximum Gasteiger partial charge on any atom is 0.222 e. The number of aliphatic hydroxyl groups is 7. The van der Waals surface area contributed by atoms with E-state index >= 15 is 0 Å². The first kappa shape index (κ1) is 37.3. The lowest BCUT2D eigenvalue weighted by molar-refractivity contribution is -0.343. The molecule has 0 aromatic carbocycles. The van der Waals surface area contributed by atoms with Crippen LogP contribution in [0.4, 0.5) is 0 Å². The lowest BCUT2D eigenvalue weighted by Gasteiger charge is -2.46. The van der Waals surface area contributed by atoms with Crippen molar-refractivity contribution >= 4 is 5.91 Å². The van der Waals surface area contributed by atoms with Gasteiger partial charge in [0.2, 0.25) is 5.91 Å². The van der Waals surface area contributed by atoms with E-state index < -0.39 is 74.6 Å². The number of aliphatic hydroxyl groups excluding tert-OH is 7. The Morgan fingerprint density at radius 1 is 0.619 bits per heavy atom. The molecule has 2 heterocycles. The molecule has 12 heteroatoms. The average molecular weight is 608 g/mol. The SMILES string of the molecule is CCCCCCCCCCCCCCCCCC(=O)NC1O[C@H](CO)[C@@H](O[C@@H]2O[C@H](CO)[C@@H](O)[C@H](O)[C@@H]2O)[C@H](O)[C@@H]1O. The van der Waals surface area contributed by atoms with Gasteiger partial charge in [-0.3, -0.25) is 4.79 Å². The molecule has 0 aromatic rings. The second-order valence-electron chi connectivity index (χ2n) is 11.8. The molecule has 0 aromatic heterocycles. The highest BCUT2D eigenvalue weighted by Crippen LogP contribution is 2.28. The van der Waals surface area contributed by atoms with Gasteiger partial charge in [-0.15, -0.1) is 0 Å². The summed E-state index contributed by atoms with van der Waals surface area (Å²) in [5.74, 6) is -0.356. The molecule has 2 saturated heterocycles. The van der Waals surface area contributed by atoms with Crippen LogP contribution in [-0.4, -0.2) is 116 Å². The summed E-state index contributed by atoms with van der Waals surface area (Å²) in [6.07, 6.45) is 3.46. The number of carbonyl (C=O) groups excluding carboxylic acids is 1. The lowest BCUT2D eigenvalue weighted by atomic mass is 9.96. The Kier molecular flexibility index (Phi) is 18.6. The summed E-state index contributed by atoms with van der Waals surface area (Å²) in [6, 6.07) is 0. The van der Waals surface area contributed by atoms with Gasteiger partial charge >= 0.3 is 0 Å². The Balaban J connectivity index is 1.62. The summed E-state index contributed by atoms with van der Waals surface area (Å²) in [6.45, 7) is 0.914. The van der Waals surface area contributed by atoms with Gasteiger partial charge in [0.05, 0.1) is 13.2 Å². The lowest BCUT2D eigenvalue weighted by Crippen LogP contribution is -2.66. The van der Waals surface area contributed by atoms with Gasteiger partial charge in [-0.2, -0.15) is 0 Å². The molecule has 0 radical (unpaired) electrons. The minimum absolute atomic E-state index is 0.232. The molecule has 2 aliphatic rings. The molecule has 12 nitrogen and oxygen atoms in total. The molecule has 0 aliphatic carbocycles. The van der Waals surface area contributed by atoms with Crippen LogP contribution in [0.5, 0.6) is 0 Å². The van der Waals surface area contributed by atoms with Crippen LogP contribution in [0.15, 0.2) is 0 Å². The molecule has 2 rings (SSSR count). The Morgan fingerprint density at radius 2 is 1.12 bits per heavy atom. The highest BCUT2D eigenvalue weighted by atomic mass is 16.7. The van der Waals surface area contributed by atoms with E-state index in [1.54, 1.807) is 0 Å². The van der Waals surface area contributed by atoms with Crippen molar-refractivity contribution in [3.05, 3.63) is 0 Å². The van der Waals surface area contributed by atoms with Crippen LogP contribution in [0.1, 0.15) is 110 Å². The molecular weight excluding hydrogens is 550 g/mol. The van der Waals surface area contributed by atoms with Crippen molar-refractivity contribution in [3.8, 4) is 0 Å². The quantitative estimate of drug-likeness (QED) is 0.0866. The third kappa shape index (κ3) is 12.2. The molecular formula is C30H57NO11. The maximum atomic E-state index is 12.5. The van der Waals surface area contributed by atoms with Crippen LogP contribution < -0.4 is 5.32 Å². The van der Waals surface area contributed by atoms with Gasteiger partial charge in [0.25, 0.3) is 0 Å². The molecule has 10 atom stereocenters. The summed E-state index contributed by atoms with van der Waals surface area (Å²) in [5, 5.41) is 73.1. The average Bonchev–Trinajstić information content (AvgIpc) is 2.98. The molecule has 2 fully saturated rings. The largest absolute Gasteiger partial charge is 0.394 e. The number of ether oxygens (including phenoxy) is 3. The number of amides is 1. The van der Waals surface area contributed by atoms with Crippen LogP contribution in [-0.2, 0) is 19.0 Å². The fourth-order valence-electron chi connectivity index (χ4n) is 5.60. The second kappa shape index (κ2) is 20.9. The smallest absolute Gasteiger partial charge is 0.222 e. The van der Waals surface area contributed by atoms with Crippen LogP contribution in [0, 0.1) is 0 Å². The van der Waals surface area contributed by atoms with Crippen molar-refractivity contribution < 1.29 is 54.8 Å². The van der Waals surface area contributed by atoms with E-state index in [9.17, 15) is 40.5 Å². The first-order valence-electron chi connectivity index (χ1n) is 16.1. The number of rotatable bonds is 21. The van der Waals surface area contributed by atoms with Gasteiger partial charge in [0.1, 0.15) is 48.8 Å². The molecule has 0 saturated carbocycles. The van der Waals surface area contributed by atoms with Crippen LogP contribution >= 0.6 is 0 Å². The number of hydrogen-bond donors (Lipinski definition) is 8. The summed E-state index contributed by atoms with van der Waals surface area (Å²) in [5.41, 5.74) is 0. The molecule has 0 bridgehead atoms. The molecule has 42 heavy (non-hydrogen) atoms. The van der Waals surface area contributed by atoms with E-state index in [1.165, 1.54) is 70.6 Å². The van der Waals surface area contributed by atoms with Crippen molar-refractivity contribution in [2.75, 3.05) is 13.2 Å². The van der Waals surface area contributed by atoms with Crippen molar-refractivity contribution in [3.63, 3.8) is 0 Å². The van der Waals surface area contributed by atoms with E-state index in [0.29, 0.717) is 6.42 Å². The van der Waals surface area contributed by atoms with E-state index in [2.05, 4.69) is 12.2 Å². The normalized spacial score (nSPS) is 33.5. The first-order chi connectivity index (χ1) is 20.2. The molecule has 2 aliphatic heterocycles. The van der Waals surface area contributed by atoms with E-state index in [-0.39, 0.29) is 12.3 Å². The minimum Gasteiger partial charge on any atom is -0.394 e. The van der Waals surface area contributed by atoms with Gasteiger partial charge in [0, 0.05) is 6.42 Å². The third-order valence-corrected chi connectivity index (χ3v) is 8.31. The first-order valence-corrected chi connectivity index (χ1v) is 16.1. The number of unbranched alkanes of at least 4 members (excludes halogenated alkanes) is 14. The molecule has 1 unspecified atom stereocenters. The predicted octanol–water partition coefficient (Wildman–Crippen LogP) is 0.988. The molecule has 1 amide bonds. The third-order valence-electron chi connectivity index (χ3n) is 8.31. The Hall–Kier alpha value is -0.930. The Bertz CT molecular complexity index is 713. The van der Waals surface area contributed by atoms with Gasteiger partial charge in [-0.05, 0) is 6.42 Å². The van der Waals surface area contributed by atoms with Crippen molar-refractivity contribution in [1.29, 1.82) is 0 Å². The predicted molar refractivity (Wildman–Crippen MR) is 154 cm³/mol. The van der Waals surface area contributed by atoms with Crippen molar-refractivity contribution in [1.82, 2.24) is 5.32 Å². The number of nitrogens with one attached hydrogen (secondary N) is 1. The van der Waals surface area contributed by atoms with Gasteiger partial charge in [-0.1, -0.05) is 96.8 Å². The zero-order valence-corrected chi connectivity index (χ0v) is 25.3. The van der Waals surface area contributed by atoms with E-state index in [0.717, 1.165) is 19.3 Å². The van der Waals surface area contributed by atoms with E-state index in [1.807, 2.05) is 0 Å². The van der Waals surface area contributed by atoms with Crippen LogP contribution in [0.3, 0.4) is 0 Å². The maximum absolute atomic E-state index is 12.5. The minimum atomic E-state index is -1.74. The second-order valence-corrected chi connectivity index (χ2v) is 11.8. The van der Waals surface area contributed by atoms with Gasteiger partial charge in [-0.25, -0.2) is 0 Å². The van der Waals surface area contributed by atoms with Gasteiger partial charge < -0.3 is 55.3 Å². The molecule has 248 valence electrons. The Morgan fingerprint density at radius 3 is 1.62 bits per heavy atom. The van der Waals surface area contributed by atoms with Gasteiger partial charge in [0.15, 0.2) is 12.5 Å². The number of carbonyl (C=O) groups is 1. The van der Waals surface area contributed by atoms with Crippen molar-refractivity contribution in [2.45, 2.75) is 171 Å². The summed E-state index contributed by atoms with van der Waals surface area (Å²) < 4.78 is 16.4. The zero-order valence-electron chi connectivity index (χ0n) is 25.3. The van der Waals surface area contributed by atoms with E-state index in [4.69, 9.17) is 14.2 Å². The standard InChI is InChI=1S/C30H57NO11/c1-2-3-4-5-6-7-8-9-10-11-12-13-14-15-16-17-22(34)31-29-26(38)25(37)28(21(19-33)40-29)42-30-27(39)24(36)23(35)20(18-32)41-30/h20-21,23-30,32-33,35-39H,2-19H2,1H3,(H,31,34)/t20-,21-,23-,24+,25-,26+,27+,28-,29?,30+/m1/s1. The monoisotopic (exact) mass is 607 g/mol. The Labute approximate surface area is 250 Å². The van der Waals surface area contributed by atoms with Crippen LogP contribution in [0.25, 0.3) is 0 Å².